The second-order valence-corrected chi connectivity index (χ2v) is 4.68. The lowest BCUT2D eigenvalue weighted by atomic mass is 10.0. The zero-order valence-electron chi connectivity index (χ0n) is 10.5. The quantitative estimate of drug-likeness (QED) is 0.591. The Labute approximate surface area is 102 Å². The van der Waals surface area contributed by atoms with Gasteiger partial charge in [0.25, 0.3) is 0 Å². The van der Waals surface area contributed by atoms with E-state index in [1.807, 2.05) is 20.8 Å². The molecule has 4 nitrogen and oxygen atoms in total. The molecule has 0 amide bonds. The molecule has 0 aliphatic carbocycles. The summed E-state index contributed by atoms with van der Waals surface area (Å²) in [5, 5.41) is 31.8. The molecule has 1 aromatic rings. The topological polar surface area (TPSA) is 72.7 Å². The maximum atomic E-state index is 9.67. The van der Waals surface area contributed by atoms with E-state index in [0.717, 1.165) is 0 Å². The third-order valence-corrected chi connectivity index (χ3v) is 2.88. The van der Waals surface area contributed by atoms with Crippen molar-refractivity contribution < 1.29 is 15.3 Å². The zero-order chi connectivity index (χ0) is 13.0. The van der Waals surface area contributed by atoms with Crippen LogP contribution in [0, 0.1) is 5.92 Å². The summed E-state index contributed by atoms with van der Waals surface area (Å²) in [6.07, 6.45) is -0.420. The molecule has 0 saturated heterocycles. The first kappa shape index (κ1) is 13.8. The van der Waals surface area contributed by atoms with E-state index in [0.29, 0.717) is 12.1 Å². The highest BCUT2D eigenvalue weighted by atomic mass is 16.3. The van der Waals surface area contributed by atoms with E-state index >= 15 is 0 Å². The van der Waals surface area contributed by atoms with Gasteiger partial charge in [-0.3, -0.25) is 0 Å². The Morgan fingerprint density at radius 1 is 1.18 bits per heavy atom. The van der Waals surface area contributed by atoms with Crippen LogP contribution in [0.2, 0.25) is 0 Å². The summed E-state index contributed by atoms with van der Waals surface area (Å²) in [5.41, 5.74) is 0.626. The average molecular weight is 239 g/mol. The Morgan fingerprint density at radius 2 is 1.82 bits per heavy atom. The van der Waals surface area contributed by atoms with Crippen molar-refractivity contribution in [1.29, 1.82) is 0 Å². The van der Waals surface area contributed by atoms with Gasteiger partial charge in [0.05, 0.1) is 6.10 Å². The smallest absolute Gasteiger partial charge is 0.120 e. The molecule has 0 aliphatic rings. The largest absolute Gasteiger partial charge is 0.508 e. The highest BCUT2D eigenvalue weighted by molar-refractivity contribution is 5.40. The Balaban J connectivity index is 2.63. The molecule has 4 heteroatoms. The molecule has 17 heavy (non-hydrogen) atoms. The van der Waals surface area contributed by atoms with Crippen molar-refractivity contribution in [3.05, 3.63) is 23.8 Å². The van der Waals surface area contributed by atoms with Crippen LogP contribution in [-0.4, -0.2) is 28.0 Å². The van der Waals surface area contributed by atoms with Crippen molar-refractivity contribution in [2.75, 3.05) is 6.54 Å². The fourth-order valence-corrected chi connectivity index (χ4v) is 1.53. The molecule has 0 aliphatic heterocycles. The van der Waals surface area contributed by atoms with Crippen molar-refractivity contribution in [2.45, 2.75) is 32.9 Å². The van der Waals surface area contributed by atoms with Crippen LogP contribution in [-0.2, 0) is 0 Å². The summed E-state index contributed by atoms with van der Waals surface area (Å²) in [5.74, 6) is 0.449. The molecule has 1 aromatic carbocycles. The summed E-state index contributed by atoms with van der Waals surface area (Å²) in [7, 11) is 0. The first-order chi connectivity index (χ1) is 7.91. The molecule has 0 aromatic heterocycles. The molecule has 0 saturated carbocycles. The number of hydrogen-bond donors (Lipinski definition) is 4. The average Bonchev–Trinajstić information content (AvgIpc) is 2.28. The van der Waals surface area contributed by atoms with E-state index in [1.54, 1.807) is 0 Å². The van der Waals surface area contributed by atoms with Crippen molar-refractivity contribution in [3.63, 3.8) is 0 Å². The molecule has 1 rings (SSSR count). The van der Waals surface area contributed by atoms with Gasteiger partial charge in [-0.25, -0.2) is 0 Å². The second-order valence-electron chi connectivity index (χ2n) is 4.68. The van der Waals surface area contributed by atoms with E-state index < -0.39 is 6.10 Å². The minimum absolute atomic E-state index is 0.121. The Kier molecular flexibility index (Phi) is 4.78. The number of phenols is 2. The predicted molar refractivity (Wildman–Crippen MR) is 67.0 cm³/mol. The van der Waals surface area contributed by atoms with Crippen LogP contribution in [0.1, 0.15) is 32.4 Å². The Morgan fingerprint density at radius 3 is 2.41 bits per heavy atom. The number of phenolic OH excluding ortho intramolecular Hbond substituents is 2. The van der Waals surface area contributed by atoms with Crippen LogP contribution in [0.4, 0.5) is 0 Å². The number of aliphatic hydroxyl groups excluding tert-OH is 1. The molecule has 96 valence electrons. The lowest BCUT2D eigenvalue weighted by molar-refractivity contribution is 0.120. The monoisotopic (exact) mass is 239 g/mol. The Hall–Kier alpha value is -1.26. The van der Waals surface area contributed by atoms with E-state index in [-0.39, 0.29) is 23.5 Å². The Bertz CT molecular complexity index is 366. The van der Waals surface area contributed by atoms with Gasteiger partial charge in [0.2, 0.25) is 0 Å². The minimum Gasteiger partial charge on any atom is -0.508 e. The molecular weight excluding hydrogens is 218 g/mol. The number of rotatable bonds is 5. The zero-order valence-corrected chi connectivity index (χ0v) is 10.5. The lowest BCUT2D eigenvalue weighted by Gasteiger charge is -2.20. The fourth-order valence-electron chi connectivity index (χ4n) is 1.53. The molecule has 0 radical (unpaired) electrons. The first-order valence-electron chi connectivity index (χ1n) is 5.85. The van der Waals surface area contributed by atoms with Gasteiger partial charge in [0.15, 0.2) is 0 Å². The van der Waals surface area contributed by atoms with Gasteiger partial charge in [-0.05, 0) is 31.0 Å². The van der Waals surface area contributed by atoms with Crippen LogP contribution < -0.4 is 5.32 Å². The van der Waals surface area contributed by atoms with Crippen LogP contribution in [0.15, 0.2) is 18.2 Å². The van der Waals surface area contributed by atoms with Crippen LogP contribution in [0.3, 0.4) is 0 Å². The summed E-state index contributed by atoms with van der Waals surface area (Å²) in [4.78, 5) is 0. The van der Waals surface area contributed by atoms with Gasteiger partial charge in [0.1, 0.15) is 11.5 Å². The van der Waals surface area contributed by atoms with Gasteiger partial charge >= 0.3 is 0 Å². The number of aliphatic hydroxyl groups is 1. The maximum absolute atomic E-state index is 9.67. The van der Waals surface area contributed by atoms with E-state index in [2.05, 4.69) is 5.32 Å². The number of nitrogens with one attached hydrogen (secondary N) is 1. The van der Waals surface area contributed by atoms with Gasteiger partial charge in [0, 0.05) is 18.2 Å². The van der Waals surface area contributed by atoms with Gasteiger partial charge < -0.3 is 20.6 Å². The molecule has 0 heterocycles. The number of aromatic hydroxyl groups is 2. The summed E-state index contributed by atoms with van der Waals surface area (Å²) < 4.78 is 0. The third-order valence-electron chi connectivity index (χ3n) is 2.88. The van der Waals surface area contributed by atoms with Crippen LogP contribution in [0.25, 0.3) is 0 Å². The van der Waals surface area contributed by atoms with Crippen LogP contribution >= 0.6 is 0 Å². The molecule has 0 bridgehead atoms. The molecule has 4 N–H and O–H groups in total. The molecule has 0 fully saturated rings. The standard InChI is InChI=1S/C13H21NO3/c1-8(2)13(17)7-14-9(3)11-6-10(15)4-5-12(11)16/h4-6,8-9,13-17H,7H2,1-3H3. The maximum Gasteiger partial charge on any atom is 0.120 e. The molecular formula is C13H21NO3. The third kappa shape index (κ3) is 3.91. The normalized spacial score (nSPS) is 14.9. The SMILES string of the molecule is CC(NCC(O)C(C)C)c1cc(O)ccc1O. The van der Waals surface area contributed by atoms with E-state index in [1.165, 1.54) is 18.2 Å². The van der Waals surface area contributed by atoms with E-state index in [9.17, 15) is 15.3 Å². The number of hydrogen-bond acceptors (Lipinski definition) is 4. The van der Waals surface area contributed by atoms with E-state index in [4.69, 9.17) is 0 Å². The molecule has 2 unspecified atom stereocenters. The summed E-state index contributed by atoms with van der Waals surface area (Å²) >= 11 is 0. The molecule has 0 spiro atoms. The van der Waals surface area contributed by atoms with Crippen molar-refractivity contribution in [2.24, 2.45) is 5.92 Å². The van der Waals surface area contributed by atoms with Gasteiger partial charge in [-0.2, -0.15) is 0 Å². The van der Waals surface area contributed by atoms with Crippen molar-refractivity contribution in [3.8, 4) is 11.5 Å². The van der Waals surface area contributed by atoms with Crippen molar-refractivity contribution in [1.82, 2.24) is 5.32 Å². The highest BCUT2D eigenvalue weighted by Crippen LogP contribution is 2.27. The molecule has 2 atom stereocenters. The number of benzene rings is 1. The first-order valence-corrected chi connectivity index (χ1v) is 5.85. The van der Waals surface area contributed by atoms with Crippen molar-refractivity contribution >= 4 is 0 Å². The minimum atomic E-state index is -0.420. The fraction of sp³-hybridized carbons (Fsp3) is 0.538. The van der Waals surface area contributed by atoms with Crippen LogP contribution in [0.5, 0.6) is 11.5 Å². The lowest BCUT2D eigenvalue weighted by Crippen LogP contribution is -2.32. The predicted octanol–water partition coefficient (Wildman–Crippen LogP) is 1.77. The second kappa shape index (κ2) is 5.89. The highest BCUT2D eigenvalue weighted by Gasteiger charge is 2.14. The van der Waals surface area contributed by atoms with Gasteiger partial charge in [-0.15, -0.1) is 0 Å². The summed E-state index contributed by atoms with van der Waals surface area (Å²) in [6, 6.07) is 4.29. The van der Waals surface area contributed by atoms with Gasteiger partial charge in [-0.1, -0.05) is 13.8 Å². The summed E-state index contributed by atoms with van der Waals surface area (Å²) in [6.45, 7) is 6.22.